The van der Waals surface area contributed by atoms with Crippen molar-refractivity contribution in [3.8, 4) is 0 Å². The number of aromatic nitrogens is 1. The molecule has 0 aliphatic heterocycles. The molecule has 27 heavy (non-hydrogen) atoms. The first-order valence-corrected chi connectivity index (χ1v) is 9.38. The summed E-state index contributed by atoms with van der Waals surface area (Å²) in [5.41, 5.74) is 4.37. The van der Waals surface area contributed by atoms with Gasteiger partial charge in [-0.25, -0.2) is 0 Å². The van der Waals surface area contributed by atoms with Crippen LogP contribution in [0.15, 0.2) is 41.2 Å². The van der Waals surface area contributed by atoms with Gasteiger partial charge >= 0.3 is 0 Å². The lowest BCUT2D eigenvalue weighted by molar-refractivity contribution is -0.116. The summed E-state index contributed by atoms with van der Waals surface area (Å²) in [6, 6.07) is 10.6. The maximum atomic E-state index is 12.5. The van der Waals surface area contributed by atoms with Crippen LogP contribution >= 0.6 is 23.2 Å². The predicted octanol–water partition coefficient (Wildman–Crippen LogP) is 5.26. The predicted molar refractivity (Wildman–Crippen MR) is 112 cm³/mol. The molecule has 1 amide bonds. The van der Waals surface area contributed by atoms with E-state index in [1.807, 2.05) is 26.8 Å². The van der Waals surface area contributed by atoms with Crippen molar-refractivity contribution < 1.29 is 4.79 Å². The Balaban J connectivity index is 1.87. The summed E-state index contributed by atoms with van der Waals surface area (Å²) in [5, 5.41) is 4.68. The molecule has 0 spiro atoms. The van der Waals surface area contributed by atoms with E-state index < -0.39 is 0 Å². The average Bonchev–Trinajstić information content (AvgIpc) is 2.57. The second-order valence-corrected chi connectivity index (χ2v) is 7.56. The van der Waals surface area contributed by atoms with Gasteiger partial charge in [0.25, 0.3) is 5.56 Å². The van der Waals surface area contributed by atoms with E-state index in [4.69, 9.17) is 23.2 Å². The lowest BCUT2D eigenvalue weighted by atomic mass is 10.0. The molecule has 0 fully saturated rings. The SMILES string of the molecule is Cc1cc(C)c2c(c1)c(C)cc(=O)n2CCC(=O)Nc1ccc(Cl)cc1Cl. The number of pyridine rings is 1. The topological polar surface area (TPSA) is 51.1 Å². The Kier molecular flexibility index (Phi) is 5.59. The number of carbonyl (C=O) groups is 1. The summed E-state index contributed by atoms with van der Waals surface area (Å²) in [6.07, 6.45) is 0.157. The molecule has 0 saturated carbocycles. The van der Waals surface area contributed by atoms with Crippen LogP contribution in [-0.2, 0) is 11.3 Å². The molecule has 0 aliphatic carbocycles. The molecule has 0 bridgehead atoms. The summed E-state index contributed by atoms with van der Waals surface area (Å²) >= 11 is 12.0. The van der Waals surface area contributed by atoms with Gasteiger partial charge in [-0.3, -0.25) is 9.59 Å². The van der Waals surface area contributed by atoms with Gasteiger partial charge in [-0.2, -0.15) is 0 Å². The van der Waals surface area contributed by atoms with Crippen molar-refractivity contribution in [3.63, 3.8) is 0 Å². The normalized spacial score (nSPS) is 11.0. The number of aryl methyl sites for hydroxylation is 4. The molecule has 0 aliphatic rings. The molecule has 140 valence electrons. The van der Waals surface area contributed by atoms with Gasteiger partial charge in [0.1, 0.15) is 0 Å². The maximum absolute atomic E-state index is 12.5. The van der Waals surface area contributed by atoms with Gasteiger partial charge in [-0.05, 0) is 56.2 Å². The minimum Gasteiger partial charge on any atom is -0.325 e. The summed E-state index contributed by atoms with van der Waals surface area (Å²) in [4.78, 5) is 24.9. The first-order valence-electron chi connectivity index (χ1n) is 8.62. The molecule has 0 saturated heterocycles. The van der Waals surface area contributed by atoms with Crippen LogP contribution in [0.25, 0.3) is 10.9 Å². The molecule has 1 aromatic heterocycles. The highest BCUT2D eigenvalue weighted by atomic mass is 35.5. The Labute approximate surface area is 167 Å². The van der Waals surface area contributed by atoms with E-state index >= 15 is 0 Å². The molecule has 4 nitrogen and oxygen atoms in total. The highest BCUT2D eigenvalue weighted by Gasteiger charge is 2.12. The lowest BCUT2D eigenvalue weighted by Crippen LogP contribution is -2.24. The minimum absolute atomic E-state index is 0.107. The Hall–Kier alpha value is -2.30. The second-order valence-electron chi connectivity index (χ2n) is 6.72. The minimum atomic E-state index is -0.218. The number of nitrogens with one attached hydrogen (secondary N) is 1. The monoisotopic (exact) mass is 402 g/mol. The van der Waals surface area contributed by atoms with Crippen LogP contribution < -0.4 is 10.9 Å². The lowest BCUT2D eigenvalue weighted by Gasteiger charge is -2.15. The van der Waals surface area contributed by atoms with E-state index in [9.17, 15) is 9.59 Å². The van der Waals surface area contributed by atoms with Gasteiger partial charge < -0.3 is 9.88 Å². The van der Waals surface area contributed by atoms with Crippen molar-refractivity contribution in [1.29, 1.82) is 0 Å². The Morgan fingerprint density at radius 2 is 1.78 bits per heavy atom. The van der Waals surface area contributed by atoms with Crippen molar-refractivity contribution in [3.05, 3.63) is 73.5 Å². The van der Waals surface area contributed by atoms with E-state index in [2.05, 4.69) is 11.4 Å². The fraction of sp³-hybridized carbons (Fsp3) is 0.238. The van der Waals surface area contributed by atoms with E-state index in [1.165, 1.54) is 0 Å². The molecule has 2 aromatic carbocycles. The molecule has 0 unspecified atom stereocenters. The largest absolute Gasteiger partial charge is 0.325 e. The van der Waals surface area contributed by atoms with Crippen molar-refractivity contribution in [1.82, 2.24) is 4.57 Å². The third-order valence-electron chi connectivity index (χ3n) is 4.51. The van der Waals surface area contributed by atoms with Gasteiger partial charge in [0.15, 0.2) is 0 Å². The third kappa shape index (κ3) is 4.18. The van der Waals surface area contributed by atoms with Crippen LogP contribution in [0, 0.1) is 20.8 Å². The Morgan fingerprint density at radius 1 is 1.04 bits per heavy atom. The molecular formula is C21H20Cl2N2O2. The first-order chi connectivity index (χ1) is 12.8. The highest BCUT2D eigenvalue weighted by molar-refractivity contribution is 6.36. The van der Waals surface area contributed by atoms with Crippen LogP contribution in [-0.4, -0.2) is 10.5 Å². The van der Waals surface area contributed by atoms with Crippen molar-refractivity contribution >= 4 is 45.7 Å². The average molecular weight is 403 g/mol. The van der Waals surface area contributed by atoms with E-state index in [1.54, 1.807) is 28.8 Å². The molecule has 3 aromatic rings. The quantitative estimate of drug-likeness (QED) is 0.646. The zero-order valence-electron chi connectivity index (χ0n) is 15.4. The number of nitrogens with zero attached hydrogens (tertiary/aromatic N) is 1. The number of benzene rings is 2. The summed E-state index contributed by atoms with van der Waals surface area (Å²) in [7, 11) is 0. The molecule has 0 radical (unpaired) electrons. The Morgan fingerprint density at radius 3 is 2.48 bits per heavy atom. The zero-order chi connectivity index (χ0) is 19.7. The first kappa shape index (κ1) is 19.5. The summed E-state index contributed by atoms with van der Waals surface area (Å²) in [6.45, 7) is 6.24. The number of hydrogen-bond acceptors (Lipinski definition) is 2. The van der Waals surface area contributed by atoms with E-state index in [-0.39, 0.29) is 24.4 Å². The smallest absolute Gasteiger partial charge is 0.251 e. The van der Waals surface area contributed by atoms with Gasteiger partial charge in [0.05, 0.1) is 16.2 Å². The maximum Gasteiger partial charge on any atom is 0.251 e. The fourth-order valence-electron chi connectivity index (χ4n) is 3.31. The van der Waals surface area contributed by atoms with Crippen LogP contribution in [0.1, 0.15) is 23.1 Å². The van der Waals surface area contributed by atoms with Crippen molar-refractivity contribution in [2.75, 3.05) is 5.32 Å². The van der Waals surface area contributed by atoms with E-state index in [0.29, 0.717) is 15.7 Å². The highest BCUT2D eigenvalue weighted by Crippen LogP contribution is 2.26. The standard InChI is InChI=1S/C21H20Cl2N2O2/c1-12-8-14(3)21-16(9-12)13(2)10-20(27)25(21)7-6-19(26)24-18-5-4-15(22)11-17(18)23/h4-5,8-11H,6-7H2,1-3H3,(H,24,26). The molecular weight excluding hydrogens is 383 g/mol. The van der Waals surface area contributed by atoms with Crippen LogP contribution in [0.2, 0.25) is 10.0 Å². The van der Waals surface area contributed by atoms with Crippen molar-refractivity contribution in [2.24, 2.45) is 0 Å². The number of anilines is 1. The number of hydrogen-bond donors (Lipinski definition) is 1. The van der Waals surface area contributed by atoms with Crippen LogP contribution in [0.5, 0.6) is 0 Å². The summed E-state index contributed by atoms with van der Waals surface area (Å²) < 4.78 is 1.67. The van der Waals surface area contributed by atoms with Gasteiger partial charge in [-0.1, -0.05) is 34.8 Å². The molecule has 6 heteroatoms. The van der Waals surface area contributed by atoms with Crippen molar-refractivity contribution in [2.45, 2.75) is 33.7 Å². The zero-order valence-corrected chi connectivity index (χ0v) is 16.9. The molecule has 3 rings (SSSR count). The van der Waals surface area contributed by atoms with Crippen LogP contribution in [0.4, 0.5) is 5.69 Å². The van der Waals surface area contributed by atoms with Gasteiger partial charge in [-0.15, -0.1) is 0 Å². The Bertz CT molecular complexity index is 1100. The number of carbonyl (C=O) groups excluding carboxylic acids is 1. The number of halogens is 2. The third-order valence-corrected chi connectivity index (χ3v) is 5.06. The number of fused-ring (bicyclic) bond motifs is 1. The summed E-state index contributed by atoms with van der Waals surface area (Å²) in [5.74, 6) is -0.218. The van der Waals surface area contributed by atoms with Gasteiger partial charge in [0, 0.05) is 29.4 Å². The molecule has 1 N–H and O–H groups in total. The van der Waals surface area contributed by atoms with Gasteiger partial charge in [0.2, 0.25) is 5.91 Å². The van der Waals surface area contributed by atoms with Crippen LogP contribution in [0.3, 0.4) is 0 Å². The fourth-order valence-corrected chi connectivity index (χ4v) is 3.76. The molecule has 1 heterocycles. The number of rotatable bonds is 4. The molecule has 0 atom stereocenters. The van der Waals surface area contributed by atoms with E-state index in [0.717, 1.165) is 27.6 Å². The second kappa shape index (κ2) is 7.75. The number of amides is 1.